The van der Waals surface area contributed by atoms with Crippen LogP contribution in [0.15, 0.2) is 23.1 Å². The Morgan fingerprint density at radius 2 is 2.15 bits per heavy atom. The molecule has 0 saturated carbocycles. The molecule has 20 heavy (non-hydrogen) atoms. The molecule has 0 aliphatic carbocycles. The van der Waals surface area contributed by atoms with E-state index in [0.717, 1.165) is 36.8 Å². The van der Waals surface area contributed by atoms with Crippen molar-refractivity contribution in [2.24, 2.45) is 0 Å². The van der Waals surface area contributed by atoms with E-state index in [4.69, 9.17) is 16.9 Å². The summed E-state index contributed by atoms with van der Waals surface area (Å²) in [6.45, 7) is 1.83. The first-order valence-electron chi connectivity index (χ1n) is 6.50. The van der Waals surface area contributed by atoms with Crippen molar-refractivity contribution in [2.45, 2.75) is 12.6 Å². The van der Waals surface area contributed by atoms with Gasteiger partial charge in [0.25, 0.3) is 12.3 Å². The molecule has 0 aromatic carbocycles. The van der Waals surface area contributed by atoms with Gasteiger partial charge in [-0.2, -0.15) is 0 Å². The third kappa shape index (κ3) is 2.37. The highest BCUT2D eigenvalue weighted by atomic mass is 35.5. The summed E-state index contributed by atoms with van der Waals surface area (Å²) in [6, 6.07) is 3.30. The van der Waals surface area contributed by atoms with Crippen LogP contribution in [-0.4, -0.2) is 29.8 Å². The number of hydrogen-bond acceptors (Lipinski definition) is 4. The van der Waals surface area contributed by atoms with Gasteiger partial charge < -0.3 is 9.88 Å². The number of fused-ring (bicyclic) bond motifs is 1. The van der Waals surface area contributed by atoms with Crippen LogP contribution in [-0.2, 0) is 0 Å². The monoisotopic (exact) mass is 286 g/mol. The summed E-state index contributed by atoms with van der Waals surface area (Å²) in [5, 5.41) is 10.1. The van der Waals surface area contributed by atoms with Crippen LogP contribution in [0.4, 0.5) is 5.69 Å². The largest absolute Gasteiger partial charge is 0.372 e. The van der Waals surface area contributed by atoms with Gasteiger partial charge in [-0.15, -0.1) is 0 Å². The highest BCUT2D eigenvalue weighted by Gasteiger charge is 2.23. The number of halogens is 1. The van der Waals surface area contributed by atoms with E-state index in [1.54, 1.807) is 6.20 Å². The Bertz CT molecular complexity index is 746. The molecule has 2 aromatic rings. The van der Waals surface area contributed by atoms with Crippen LogP contribution in [0.2, 0.25) is 17.7 Å². The zero-order chi connectivity index (χ0) is 14.1. The number of aromatic amines is 1. The molecular formula is C13H12BClN4O. The number of aromatic nitrogens is 2. The molecular weight excluding hydrogens is 274 g/mol. The number of nitrogens with zero attached hydrogens (tertiary/aromatic N) is 3. The molecule has 2 aromatic heterocycles. The van der Waals surface area contributed by atoms with Crippen molar-refractivity contribution in [3.63, 3.8) is 0 Å². The van der Waals surface area contributed by atoms with E-state index in [9.17, 15) is 4.79 Å². The van der Waals surface area contributed by atoms with Gasteiger partial charge in [0.15, 0.2) is 0 Å². The second-order valence-electron chi connectivity index (χ2n) is 4.96. The van der Waals surface area contributed by atoms with E-state index >= 15 is 0 Å². The number of anilines is 1. The van der Waals surface area contributed by atoms with Crippen LogP contribution in [0, 0.1) is 11.2 Å². The predicted molar refractivity (Wildman–Crippen MR) is 80.6 cm³/mol. The van der Waals surface area contributed by atoms with Crippen molar-refractivity contribution < 1.29 is 0 Å². The van der Waals surface area contributed by atoms with E-state index in [-0.39, 0.29) is 12.3 Å². The van der Waals surface area contributed by atoms with E-state index in [1.807, 2.05) is 6.07 Å². The Morgan fingerprint density at radius 3 is 2.85 bits per heavy atom. The van der Waals surface area contributed by atoms with Gasteiger partial charge in [-0.3, -0.25) is 4.79 Å². The minimum Gasteiger partial charge on any atom is -0.372 e. The molecule has 1 N–H and O–H groups in total. The Balaban J connectivity index is 1.94. The molecule has 3 heterocycles. The highest BCUT2D eigenvalue weighted by Crippen LogP contribution is 2.25. The summed E-state index contributed by atoms with van der Waals surface area (Å²) in [5.41, 5.74) is 1.22. The summed E-state index contributed by atoms with van der Waals surface area (Å²) in [5.74, 6) is 2.32. The summed E-state index contributed by atoms with van der Waals surface area (Å²) in [7, 11) is 0. The summed E-state index contributed by atoms with van der Waals surface area (Å²) >= 11 is 6.10. The van der Waals surface area contributed by atoms with E-state index in [2.05, 4.69) is 20.8 Å². The molecule has 0 bridgehead atoms. The van der Waals surface area contributed by atoms with Crippen molar-refractivity contribution in [1.82, 2.24) is 9.97 Å². The lowest BCUT2D eigenvalue weighted by Gasteiger charge is -2.29. The van der Waals surface area contributed by atoms with Crippen molar-refractivity contribution in [3.05, 3.63) is 33.7 Å². The second-order valence-corrected chi connectivity index (χ2v) is 5.37. The number of nitriles is 1. The molecule has 0 unspecified atom stereocenters. The zero-order valence-electron chi connectivity index (χ0n) is 10.8. The normalized spacial score (nSPS) is 15.4. The summed E-state index contributed by atoms with van der Waals surface area (Å²) in [6.07, 6.45) is 3.48. The van der Waals surface area contributed by atoms with Gasteiger partial charge in [-0.1, -0.05) is 11.6 Å². The molecule has 0 atom stereocenters. The minimum atomic E-state index is -0.252. The maximum Gasteiger partial charge on any atom is 0.271 e. The van der Waals surface area contributed by atoms with Crippen LogP contribution in [0.3, 0.4) is 0 Å². The predicted octanol–water partition coefficient (Wildman–Crippen LogP) is 1.95. The Kier molecular flexibility index (Phi) is 3.37. The van der Waals surface area contributed by atoms with E-state index in [1.165, 1.54) is 6.07 Å². The Labute approximate surface area is 121 Å². The minimum absolute atomic E-state index is 0.152. The number of pyridine rings is 2. The van der Waals surface area contributed by atoms with E-state index < -0.39 is 0 Å². The van der Waals surface area contributed by atoms with Crippen LogP contribution in [0.1, 0.15) is 0 Å². The zero-order valence-corrected chi connectivity index (χ0v) is 11.5. The van der Waals surface area contributed by atoms with Crippen molar-refractivity contribution in [3.8, 4) is 5.97 Å². The highest BCUT2D eigenvalue weighted by molar-refractivity contribution is 6.67. The van der Waals surface area contributed by atoms with Gasteiger partial charge in [0, 0.05) is 30.5 Å². The summed E-state index contributed by atoms with van der Waals surface area (Å²) < 4.78 is 0. The molecule has 7 heteroatoms. The fraction of sp³-hybridized carbons (Fsp3) is 0.308. The van der Waals surface area contributed by atoms with Crippen molar-refractivity contribution >= 4 is 35.0 Å². The van der Waals surface area contributed by atoms with Gasteiger partial charge in [0.05, 0.1) is 16.9 Å². The van der Waals surface area contributed by atoms with Crippen molar-refractivity contribution in [1.29, 1.82) is 5.26 Å². The molecule has 1 fully saturated rings. The third-order valence-electron chi connectivity index (χ3n) is 3.67. The number of hydrogen-bond donors (Lipinski definition) is 1. The molecule has 1 aliphatic heterocycles. The fourth-order valence-corrected chi connectivity index (χ4v) is 2.76. The van der Waals surface area contributed by atoms with Crippen LogP contribution >= 0.6 is 11.6 Å². The third-order valence-corrected chi connectivity index (χ3v) is 3.99. The first-order valence-corrected chi connectivity index (χ1v) is 6.88. The molecule has 1 aliphatic rings. The van der Waals surface area contributed by atoms with Crippen molar-refractivity contribution in [2.75, 3.05) is 18.0 Å². The van der Waals surface area contributed by atoms with Crippen LogP contribution < -0.4 is 10.5 Å². The topological polar surface area (TPSA) is 72.8 Å². The molecule has 1 saturated heterocycles. The Hall–Kier alpha value is -2.00. The van der Waals surface area contributed by atoms with Gasteiger partial charge in [-0.25, -0.2) is 10.2 Å². The summed E-state index contributed by atoms with van der Waals surface area (Å²) in [4.78, 5) is 20.5. The van der Waals surface area contributed by atoms with Gasteiger partial charge in [0.1, 0.15) is 5.65 Å². The van der Waals surface area contributed by atoms with Gasteiger partial charge in [0.2, 0.25) is 0 Å². The molecule has 100 valence electrons. The number of rotatable bonds is 1. The maximum absolute atomic E-state index is 11.3. The molecule has 0 amide bonds. The first kappa shape index (κ1) is 13.0. The second kappa shape index (κ2) is 5.18. The van der Waals surface area contributed by atoms with Crippen LogP contribution in [0.5, 0.6) is 0 Å². The molecule has 0 spiro atoms. The Morgan fingerprint density at radius 1 is 1.40 bits per heavy atom. The quantitative estimate of drug-likeness (QED) is 0.813. The molecule has 3 rings (SSSR count). The SMILES string of the molecule is N#CB1CCN(c2cnc3[nH]c(=O)cc(Cl)c3c2)CC1. The lowest BCUT2D eigenvalue weighted by molar-refractivity contribution is 0.820. The standard InChI is InChI=1S/C13H12BClN4O/c15-11-6-12(20)18-13-10(11)5-9(7-17-13)19-3-1-14(8-16)2-4-19/h5-7H,1-4H2,(H,17,18,20). The maximum atomic E-state index is 11.3. The smallest absolute Gasteiger partial charge is 0.271 e. The van der Waals surface area contributed by atoms with Crippen LogP contribution in [0.25, 0.3) is 11.0 Å². The first-order chi connectivity index (χ1) is 9.67. The number of H-pyrrole nitrogens is 1. The lowest BCUT2D eigenvalue weighted by Crippen LogP contribution is -2.36. The average Bonchev–Trinajstić information content (AvgIpc) is 2.47. The fourth-order valence-electron chi connectivity index (χ4n) is 2.52. The average molecular weight is 287 g/mol. The van der Waals surface area contributed by atoms with Gasteiger partial charge in [-0.05, 0) is 18.7 Å². The van der Waals surface area contributed by atoms with Gasteiger partial charge >= 0.3 is 0 Å². The lowest BCUT2D eigenvalue weighted by atomic mass is 9.45. The molecule has 5 nitrogen and oxygen atoms in total. The molecule has 0 radical (unpaired) electrons. The van der Waals surface area contributed by atoms with E-state index in [0.29, 0.717) is 10.7 Å². The number of nitrogens with one attached hydrogen (secondary N) is 1.